The van der Waals surface area contributed by atoms with Crippen molar-refractivity contribution in [2.75, 3.05) is 26.8 Å². The molecule has 6 heteroatoms. The molecule has 1 saturated carbocycles. The van der Waals surface area contributed by atoms with Gasteiger partial charge in [-0.15, -0.1) is 12.4 Å². The lowest BCUT2D eigenvalue weighted by Gasteiger charge is -2.30. The number of rotatable bonds is 7. The Morgan fingerprint density at radius 3 is 2.85 bits per heavy atom. The number of ether oxygens (including phenoxy) is 2. The first kappa shape index (κ1) is 21.0. The third-order valence-corrected chi connectivity index (χ3v) is 5.55. The van der Waals surface area contributed by atoms with Gasteiger partial charge in [-0.25, -0.2) is 0 Å². The van der Waals surface area contributed by atoms with Crippen LogP contribution in [0.3, 0.4) is 0 Å². The number of benzene rings is 1. The van der Waals surface area contributed by atoms with Crippen LogP contribution >= 0.6 is 12.4 Å². The molecular formula is C20H31ClN2O3. The molecule has 1 heterocycles. The Hall–Kier alpha value is -1.30. The molecule has 1 unspecified atom stereocenters. The van der Waals surface area contributed by atoms with Gasteiger partial charge in [0.05, 0.1) is 13.2 Å². The quantitative estimate of drug-likeness (QED) is 0.787. The molecule has 146 valence electrons. The summed E-state index contributed by atoms with van der Waals surface area (Å²) in [5.41, 5.74) is 6.99. The number of carbonyl (C=O) groups is 1. The maximum atomic E-state index is 13.2. The number of nitrogens with zero attached hydrogens (tertiary/aromatic N) is 1. The molecule has 1 saturated heterocycles. The maximum absolute atomic E-state index is 13.2. The Kier molecular flexibility index (Phi) is 8.19. The molecule has 1 aliphatic carbocycles. The van der Waals surface area contributed by atoms with Crippen molar-refractivity contribution in [1.82, 2.24) is 4.90 Å². The predicted molar refractivity (Wildman–Crippen MR) is 105 cm³/mol. The number of halogens is 1. The first-order valence-electron chi connectivity index (χ1n) is 9.44. The molecular weight excluding hydrogens is 352 g/mol. The topological polar surface area (TPSA) is 64.8 Å². The van der Waals surface area contributed by atoms with Crippen LogP contribution in [0.1, 0.15) is 37.7 Å². The van der Waals surface area contributed by atoms with Crippen molar-refractivity contribution in [1.29, 1.82) is 0 Å². The smallest absolute Gasteiger partial charge is 0.226 e. The molecule has 1 aliphatic heterocycles. The molecule has 0 spiro atoms. The van der Waals surface area contributed by atoms with Crippen molar-refractivity contribution in [3.63, 3.8) is 0 Å². The lowest BCUT2D eigenvalue weighted by Crippen LogP contribution is -2.42. The summed E-state index contributed by atoms with van der Waals surface area (Å²) in [6.45, 7) is 2.68. The number of methoxy groups -OCH3 is 1. The molecule has 5 nitrogen and oxygen atoms in total. The van der Waals surface area contributed by atoms with Gasteiger partial charge >= 0.3 is 0 Å². The molecule has 3 rings (SSSR count). The zero-order valence-electron chi connectivity index (χ0n) is 15.6. The lowest BCUT2D eigenvalue weighted by molar-refractivity contribution is -0.138. The highest BCUT2D eigenvalue weighted by molar-refractivity contribution is 5.85. The Morgan fingerprint density at radius 1 is 1.31 bits per heavy atom. The van der Waals surface area contributed by atoms with Crippen LogP contribution in [0, 0.1) is 11.8 Å². The van der Waals surface area contributed by atoms with Crippen LogP contribution in [-0.4, -0.2) is 43.7 Å². The summed E-state index contributed by atoms with van der Waals surface area (Å²) < 4.78 is 11.1. The van der Waals surface area contributed by atoms with Crippen LogP contribution < -0.4 is 10.5 Å². The molecule has 1 aromatic carbocycles. The second kappa shape index (κ2) is 10.1. The Morgan fingerprint density at radius 2 is 2.15 bits per heavy atom. The summed E-state index contributed by atoms with van der Waals surface area (Å²) >= 11 is 0. The van der Waals surface area contributed by atoms with E-state index in [9.17, 15) is 4.79 Å². The zero-order valence-corrected chi connectivity index (χ0v) is 16.4. The number of hydrogen-bond donors (Lipinski definition) is 1. The van der Waals surface area contributed by atoms with E-state index in [2.05, 4.69) is 0 Å². The Balaban J connectivity index is 0.00000243. The summed E-state index contributed by atoms with van der Waals surface area (Å²) in [5.74, 6) is 1.45. The average molecular weight is 383 g/mol. The van der Waals surface area contributed by atoms with Gasteiger partial charge in [0.1, 0.15) is 5.75 Å². The lowest BCUT2D eigenvalue weighted by atomic mass is 9.94. The van der Waals surface area contributed by atoms with Crippen molar-refractivity contribution in [2.45, 2.75) is 44.8 Å². The average Bonchev–Trinajstić information content (AvgIpc) is 3.32. The number of nitrogens with two attached hydrogens (primary N) is 1. The first-order valence-corrected chi connectivity index (χ1v) is 9.44. The highest BCUT2D eigenvalue weighted by Crippen LogP contribution is 2.33. The van der Waals surface area contributed by atoms with Gasteiger partial charge in [-0.3, -0.25) is 4.79 Å². The van der Waals surface area contributed by atoms with E-state index >= 15 is 0 Å². The molecule has 0 aromatic heterocycles. The van der Waals surface area contributed by atoms with Crippen LogP contribution in [0.15, 0.2) is 24.3 Å². The zero-order chi connectivity index (χ0) is 17.6. The summed E-state index contributed by atoms with van der Waals surface area (Å²) in [5, 5.41) is 0. The second-order valence-electron chi connectivity index (χ2n) is 7.24. The molecule has 2 aliphatic rings. The minimum Gasteiger partial charge on any atom is -0.497 e. The molecule has 1 amide bonds. The van der Waals surface area contributed by atoms with Gasteiger partial charge < -0.3 is 20.1 Å². The second-order valence-corrected chi connectivity index (χ2v) is 7.24. The van der Waals surface area contributed by atoms with Gasteiger partial charge in [-0.1, -0.05) is 18.6 Å². The summed E-state index contributed by atoms with van der Waals surface area (Å²) in [6, 6.07) is 7.95. The third-order valence-electron chi connectivity index (χ3n) is 5.55. The highest BCUT2D eigenvalue weighted by Gasteiger charge is 2.35. The molecule has 1 aromatic rings. The minimum absolute atomic E-state index is 0. The van der Waals surface area contributed by atoms with E-state index in [-0.39, 0.29) is 30.3 Å². The molecule has 3 atom stereocenters. The van der Waals surface area contributed by atoms with Gasteiger partial charge in [0.25, 0.3) is 0 Å². The SMILES string of the molecule is COc1cccc(CN(CC2CCCO2)C(=O)[C@@H]2CCC[C@@H]2CN)c1.Cl. The van der Waals surface area contributed by atoms with Crippen molar-refractivity contribution >= 4 is 18.3 Å². The van der Waals surface area contributed by atoms with E-state index < -0.39 is 0 Å². The van der Waals surface area contributed by atoms with E-state index in [4.69, 9.17) is 15.2 Å². The normalized spacial score (nSPS) is 24.9. The van der Waals surface area contributed by atoms with Crippen LogP contribution in [-0.2, 0) is 16.1 Å². The van der Waals surface area contributed by atoms with E-state index in [1.54, 1.807) is 7.11 Å². The van der Waals surface area contributed by atoms with E-state index in [1.165, 1.54) is 0 Å². The maximum Gasteiger partial charge on any atom is 0.226 e. The van der Waals surface area contributed by atoms with Crippen LogP contribution in [0.2, 0.25) is 0 Å². The van der Waals surface area contributed by atoms with Crippen molar-refractivity contribution in [2.24, 2.45) is 17.6 Å². The van der Waals surface area contributed by atoms with Gasteiger partial charge in [0.2, 0.25) is 5.91 Å². The summed E-state index contributed by atoms with van der Waals surface area (Å²) in [4.78, 5) is 15.2. The van der Waals surface area contributed by atoms with Crippen LogP contribution in [0.4, 0.5) is 0 Å². The van der Waals surface area contributed by atoms with Crippen molar-refractivity contribution in [3.8, 4) is 5.75 Å². The van der Waals surface area contributed by atoms with E-state index in [0.717, 1.165) is 50.0 Å². The van der Waals surface area contributed by atoms with Crippen molar-refractivity contribution < 1.29 is 14.3 Å². The third kappa shape index (κ3) is 5.12. The van der Waals surface area contributed by atoms with Crippen LogP contribution in [0.25, 0.3) is 0 Å². The fourth-order valence-corrected chi connectivity index (χ4v) is 4.14. The molecule has 2 fully saturated rings. The minimum atomic E-state index is 0. The molecule has 2 N–H and O–H groups in total. The largest absolute Gasteiger partial charge is 0.497 e. The monoisotopic (exact) mass is 382 g/mol. The summed E-state index contributed by atoms with van der Waals surface area (Å²) in [6.07, 6.45) is 5.41. The van der Waals surface area contributed by atoms with E-state index in [0.29, 0.717) is 25.6 Å². The van der Waals surface area contributed by atoms with Gasteiger partial charge in [0.15, 0.2) is 0 Å². The van der Waals surface area contributed by atoms with Crippen LogP contribution in [0.5, 0.6) is 5.75 Å². The predicted octanol–water partition coefficient (Wildman–Crippen LogP) is 3.00. The number of carbonyl (C=O) groups excluding carboxylic acids is 1. The van der Waals surface area contributed by atoms with Gasteiger partial charge in [0, 0.05) is 25.6 Å². The Labute approximate surface area is 162 Å². The van der Waals surface area contributed by atoms with Gasteiger partial charge in [-0.2, -0.15) is 0 Å². The first-order chi connectivity index (χ1) is 12.2. The molecule has 0 radical (unpaired) electrons. The fraction of sp³-hybridized carbons (Fsp3) is 0.650. The standard InChI is InChI=1S/C20H30N2O3.ClH/c1-24-17-7-2-5-15(11-17)13-22(14-18-8-4-10-25-18)20(23)19-9-3-6-16(19)12-21;/h2,5,7,11,16,18-19H,3-4,6,8-10,12-14,21H2,1H3;1H/t16-,18?,19-;/m1./s1. The molecule has 0 bridgehead atoms. The summed E-state index contributed by atoms with van der Waals surface area (Å²) in [7, 11) is 1.67. The Bertz CT molecular complexity index is 578. The highest BCUT2D eigenvalue weighted by atomic mass is 35.5. The van der Waals surface area contributed by atoms with Crippen molar-refractivity contribution in [3.05, 3.63) is 29.8 Å². The molecule has 26 heavy (non-hydrogen) atoms. The van der Waals surface area contributed by atoms with E-state index in [1.807, 2.05) is 29.2 Å². The van der Waals surface area contributed by atoms with Gasteiger partial charge in [-0.05, 0) is 55.8 Å². The number of hydrogen-bond acceptors (Lipinski definition) is 4. The number of amides is 1. The fourth-order valence-electron chi connectivity index (χ4n) is 4.14.